The van der Waals surface area contributed by atoms with Crippen LogP contribution in [0.3, 0.4) is 0 Å². The first kappa shape index (κ1) is 20.5. The normalized spacial score (nSPS) is 16.8. The number of sulfone groups is 1. The molecule has 0 amide bonds. The van der Waals surface area contributed by atoms with E-state index < -0.39 is 27.5 Å². The molecule has 2 aromatic rings. The topological polar surface area (TPSA) is 69.6 Å². The third-order valence-electron chi connectivity index (χ3n) is 5.00. The average Bonchev–Trinajstić information content (AvgIpc) is 2.63. The molecule has 0 saturated carbocycles. The lowest BCUT2D eigenvalue weighted by Gasteiger charge is -2.34. The number of anilines is 2. The first-order valence-corrected chi connectivity index (χ1v) is 11.0. The second-order valence-corrected chi connectivity index (χ2v) is 9.22. The maximum atomic E-state index is 14.4. The number of aliphatic hydroxyl groups excluding tert-OH is 1. The smallest absolute Gasteiger partial charge is 0.175 e. The molecule has 1 fully saturated rings. The number of piperidine rings is 1. The second kappa shape index (κ2) is 8.05. The molecule has 0 spiro atoms. The second-order valence-electron chi connectivity index (χ2n) is 7.20. The van der Waals surface area contributed by atoms with Gasteiger partial charge in [-0.15, -0.1) is 0 Å². The molecular formula is C20H24F2N2O3S. The molecule has 152 valence electrons. The molecule has 1 aliphatic heterocycles. The van der Waals surface area contributed by atoms with Gasteiger partial charge in [-0.05, 0) is 56.2 Å². The number of aliphatic hydroxyl groups is 1. The zero-order valence-corrected chi connectivity index (χ0v) is 16.6. The maximum absolute atomic E-state index is 14.4. The molecule has 1 unspecified atom stereocenters. The summed E-state index contributed by atoms with van der Waals surface area (Å²) in [5, 5.41) is 12.7. The lowest BCUT2D eigenvalue weighted by Crippen LogP contribution is -2.36. The summed E-state index contributed by atoms with van der Waals surface area (Å²) in [5.41, 5.74) is 1.65. The number of rotatable bonds is 5. The van der Waals surface area contributed by atoms with Crippen LogP contribution in [0, 0.1) is 11.6 Å². The van der Waals surface area contributed by atoms with Crippen LogP contribution in [0.5, 0.6) is 0 Å². The maximum Gasteiger partial charge on any atom is 0.175 e. The van der Waals surface area contributed by atoms with E-state index in [0.717, 1.165) is 18.0 Å². The number of hydrogen-bond donors (Lipinski definition) is 2. The summed E-state index contributed by atoms with van der Waals surface area (Å²) in [6.45, 7) is 3.11. The first-order chi connectivity index (χ1) is 13.1. The fourth-order valence-electron chi connectivity index (χ4n) is 3.42. The fourth-order valence-corrected chi connectivity index (χ4v) is 4.05. The Hall–Kier alpha value is -2.19. The minimum atomic E-state index is -3.50. The molecule has 3 rings (SSSR count). The van der Waals surface area contributed by atoms with Gasteiger partial charge in [-0.25, -0.2) is 17.2 Å². The van der Waals surface area contributed by atoms with Crippen LogP contribution in [-0.4, -0.2) is 39.0 Å². The van der Waals surface area contributed by atoms with Crippen LogP contribution < -0.4 is 10.2 Å². The monoisotopic (exact) mass is 410 g/mol. The van der Waals surface area contributed by atoms with E-state index in [0.29, 0.717) is 31.5 Å². The van der Waals surface area contributed by atoms with Crippen molar-refractivity contribution in [2.75, 3.05) is 29.6 Å². The number of halogens is 2. The lowest BCUT2D eigenvalue weighted by atomic mass is 10.0. The summed E-state index contributed by atoms with van der Waals surface area (Å²) in [4.78, 5) is 1.99. The van der Waals surface area contributed by atoms with Crippen molar-refractivity contribution in [1.82, 2.24) is 0 Å². The fraction of sp³-hybridized carbons (Fsp3) is 0.400. The largest absolute Gasteiger partial charge is 0.393 e. The Balaban J connectivity index is 1.86. The molecule has 0 radical (unpaired) electrons. The van der Waals surface area contributed by atoms with Crippen LogP contribution in [0.25, 0.3) is 0 Å². The molecule has 5 nitrogen and oxygen atoms in total. The van der Waals surface area contributed by atoms with Crippen molar-refractivity contribution < 1.29 is 22.3 Å². The number of hydrogen-bond acceptors (Lipinski definition) is 5. The summed E-state index contributed by atoms with van der Waals surface area (Å²) in [6, 6.07) is 7.77. The number of nitrogens with one attached hydrogen (secondary N) is 1. The first-order valence-electron chi connectivity index (χ1n) is 9.14. The molecule has 1 saturated heterocycles. The Bertz CT molecular complexity index is 958. The predicted molar refractivity (Wildman–Crippen MR) is 105 cm³/mol. The van der Waals surface area contributed by atoms with Gasteiger partial charge in [0.15, 0.2) is 9.84 Å². The highest BCUT2D eigenvalue weighted by Gasteiger charge is 2.22. The molecule has 8 heteroatoms. The van der Waals surface area contributed by atoms with Gasteiger partial charge in [0, 0.05) is 30.6 Å². The van der Waals surface area contributed by atoms with Crippen LogP contribution in [0.1, 0.15) is 31.4 Å². The van der Waals surface area contributed by atoms with Gasteiger partial charge in [0.1, 0.15) is 11.6 Å². The number of nitrogens with zero attached hydrogens (tertiary/aromatic N) is 1. The van der Waals surface area contributed by atoms with Crippen LogP contribution in [0.2, 0.25) is 0 Å². The average molecular weight is 410 g/mol. The zero-order valence-electron chi connectivity index (χ0n) is 15.8. The third kappa shape index (κ3) is 4.62. The van der Waals surface area contributed by atoms with Gasteiger partial charge in [-0.2, -0.15) is 0 Å². The van der Waals surface area contributed by atoms with E-state index in [1.807, 2.05) is 0 Å². The molecule has 0 bridgehead atoms. The van der Waals surface area contributed by atoms with Gasteiger partial charge in [0.2, 0.25) is 0 Å². The van der Waals surface area contributed by atoms with Gasteiger partial charge in [0.25, 0.3) is 0 Å². The molecule has 28 heavy (non-hydrogen) atoms. The molecular weight excluding hydrogens is 386 g/mol. The van der Waals surface area contributed by atoms with E-state index in [2.05, 4.69) is 10.2 Å². The van der Waals surface area contributed by atoms with Gasteiger partial charge >= 0.3 is 0 Å². The SMILES string of the molecule is CC(Nc1ccc(S(C)(=O)=O)cc1F)c1cc(F)ccc1N1CCC(O)CC1. The van der Waals surface area contributed by atoms with Crippen molar-refractivity contribution in [1.29, 1.82) is 0 Å². The summed E-state index contributed by atoms with van der Waals surface area (Å²) in [7, 11) is -3.50. The van der Waals surface area contributed by atoms with E-state index in [-0.39, 0.29) is 16.7 Å². The summed E-state index contributed by atoms with van der Waals surface area (Å²) < 4.78 is 51.4. The van der Waals surface area contributed by atoms with Crippen molar-refractivity contribution >= 4 is 21.2 Å². The highest BCUT2D eigenvalue weighted by molar-refractivity contribution is 7.90. The van der Waals surface area contributed by atoms with Gasteiger partial charge in [-0.3, -0.25) is 0 Å². The van der Waals surface area contributed by atoms with Crippen LogP contribution in [0.4, 0.5) is 20.2 Å². The van der Waals surface area contributed by atoms with Crippen LogP contribution in [0.15, 0.2) is 41.3 Å². The summed E-state index contributed by atoms with van der Waals surface area (Å²) in [5.74, 6) is -1.08. The van der Waals surface area contributed by atoms with Crippen LogP contribution in [-0.2, 0) is 9.84 Å². The molecule has 0 aliphatic carbocycles. The van der Waals surface area contributed by atoms with E-state index in [9.17, 15) is 22.3 Å². The highest BCUT2D eigenvalue weighted by atomic mass is 32.2. The van der Waals surface area contributed by atoms with Gasteiger partial charge in [0.05, 0.1) is 22.7 Å². The van der Waals surface area contributed by atoms with E-state index in [1.165, 1.54) is 24.3 Å². The van der Waals surface area contributed by atoms with Crippen molar-refractivity contribution in [3.8, 4) is 0 Å². The molecule has 1 aliphatic rings. The quantitative estimate of drug-likeness (QED) is 0.790. The highest BCUT2D eigenvalue weighted by Crippen LogP contribution is 2.32. The van der Waals surface area contributed by atoms with E-state index >= 15 is 0 Å². The molecule has 0 aromatic heterocycles. The molecule has 2 aromatic carbocycles. The minimum absolute atomic E-state index is 0.0958. The van der Waals surface area contributed by atoms with E-state index in [4.69, 9.17) is 0 Å². The molecule has 2 N–H and O–H groups in total. The Morgan fingerprint density at radius 3 is 2.43 bits per heavy atom. The Morgan fingerprint density at radius 1 is 1.14 bits per heavy atom. The van der Waals surface area contributed by atoms with Crippen molar-refractivity contribution in [2.45, 2.75) is 36.8 Å². The van der Waals surface area contributed by atoms with Gasteiger partial charge in [-0.1, -0.05) is 0 Å². The minimum Gasteiger partial charge on any atom is -0.393 e. The predicted octanol–water partition coefficient (Wildman–Crippen LogP) is 3.50. The van der Waals surface area contributed by atoms with Crippen molar-refractivity contribution in [2.24, 2.45) is 0 Å². The molecule has 1 atom stereocenters. The standard InChI is InChI=1S/C20H24F2N2O3S/c1-13(23-19-5-4-16(12-18(19)22)28(2,26)27)17-11-14(21)3-6-20(17)24-9-7-15(25)8-10-24/h3-6,11-13,15,23,25H,7-10H2,1-2H3. The van der Waals surface area contributed by atoms with Gasteiger partial charge < -0.3 is 15.3 Å². The van der Waals surface area contributed by atoms with E-state index in [1.54, 1.807) is 13.0 Å². The summed E-state index contributed by atoms with van der Waals surface area (Å²) in [6.07, 6.45) is 1.98. The lowest BCUT2D eigenvalue weighted by molar-refractivity contribution is 0.145. The zero-order chi connectivity index (χ0) is 20.5. The van der Waals surface area contributed by atoms with Crippen molar-refractivity contribution in [3.05, 3.63) is 53.6 Å². The third-order valence-corrected chi connectivity index (χ3v) is 6.11. The molecule has 1 heterocycles. The number of benzene rings is 2. The summed E-state index contributed by atoms with van der Waals surface area (Å²) >= 11 is 0. The Kier molecular flexibility index (Phi) is 5.90. The Labute approximate surface area is 163 Å². The van der Waals surface area contributed by atoms with Crippen molar-refractivity contribution in [3.63, 3.8) is 0 Å². The van der Waals surface area contributed by atoms with Crippen LogP contribution >= 0.6 is 0 Å². The Morgan fingerprint density at radius 2 is 1.82 bits per heavy atom.